The largest absolute Gasteiger partial charge is 0.380 e. The van der Waals surface area contributed by atoms with Crippen molar-refractivity contribution in [2.75, 3.05) is 72.8 Å². The first kappa shape index (κ1) is 48.8. The van der Waals surface area contributed by atoms with E-state index in [4.69, 9.17) is 14.2 Å². The predicted octanol–water partition coefficient (Wildman–Crippen LogP) is 12.7. The summed E-state index contributed by atoms with van der Waals surface area (Å²) in [7, 11) is 2.21. The van der Waals surface area contributed by atoms with Gasteiger partial charge in [0.2, 0.25) is 0 Å². The van der Waals surface area contributed by atoms with E-state index in [0.29, 0.717) is 6.61 Å². The Morgan fingerprint density at radius 1 is 0.462 bits per heavy atom. The van der Waals surface area contributed by atoms with Crippen LogP contribution in [0.1, 0.15) is 174 Å². The normalized spacial score (nSPS) is 15.4. The molecule has 1 atom stereocenters. The smallest absolute Gasteiger partial charge is 0.0830 e. The summed E-state index contributed by atoms with van der Waals surface area (Å²) in [5, 5.41) is 0. The molecule has 0 N–H and O–H groups in total. The quantitative estimate of drug-likeness (QED) is 0.0465. The Morgan fingerprint density at radius 3 is 1.44 bits per heavy atom. The summed E-state index contributed by atoms with van der Waals surface area (Å²) in [5.41, 5.74) is 0. The first-order chi connectivity index (χ1) is 25.8. The monoisotopic (exact) mass is 729 g/mol. The minimum absolute atomic E-state index is 0.145. The van der Waals surface area contributed by atoms with E-state index in [-0.39, 0.29) is 6.10 Å². The van der Waals surface area contributed by atoms with Gasteiger partial charge in [-0.1, -0.05) is 140 Å². The third-order valence-corrected chi connectivity index (χ3v) is 10.2. The maximum Gasteiger partial charge on any atom is 0.0830 e. The SMILES string of the molecule is CCCCCC=CCC=CCCCCCCCCOCC(CCOCCN1CCN(C)CC1)OCCCCCCCCC=CCC=CCCCCC. The van der Waals surface area contributed by atoms with Crippen molar-refractivity contribution >= 4 is 0 Å². The zero-order valence-corrected chi connectivity index (χ0v) is 35.1. The van der Waals surface area contributed by atoms with Crippen LogP contribution in [0.15, 0.2) is 48.6 Å². The first-order valence-electron chi connectivity index (χ1n) is 22.5. The molecule has 0 spiro atoms. The lowest BCUT2D eigenvalue weighted by molar-refractivity contribution is -0.0361. The molecule has 5 nitrogen and oxygen atoms in total. The van der Waals surface area contributed by atoms with E-state index in [9.17, 15) is 0 Å². The van der Waals surface area contributed by atoms with Crippen molar-refractivity contribution in [2.24, 2.45) is 0 Å². The van der Waals surface area contributed by atoms with Crippen LogP contribution in [0.2, 0.25) is 0 Å². The predicted molar refractivity (Wildman–Crippen MR) is 229 cm³/mol. The standard InChI is InChI=1S/C47H88N2O3/c1-4-6-8-10-12-14-16-18-20-22-24-26-28-30-32-34-42-51-46-47(36-44-50-45-41-49-39-37-48(3)38-40-49)52-43-35-33-31-29-27-25-23-21-19-17-15-13-11-9-7-5-2/h12-15,18-21,47H,4-11,16-17,22-46H2,1-3H3. The molecule has 0 aromatic carbocycles. The molecule has 1 heterocycles. The van der Waals surface area contributed by atoms with Gasteiger partial charge in [-0.05, 0) is 90.5 Å². The fourth-order valence-electron chi connectivity index (χ4n) is 6.54. The summed E-state index contributed by atoms with van der Waals surface area (Å²) >= 11 is 0. The van der Waals surface area contributed by atoms with Gasteiger partial charge in [0.25, 0.3) is 0 Å². The molecular formula is C47H88N2O3. The molecule has 1 aliphatic heterocycles. The Bertz CT molecular complexity index is 817. The van der Waals surface area contributed by atoms with Crippen molar-refractivity contribution in [3.8, 4) is 0 Å². The highest BCUT2D eigenvalue weighted by Gasteiger charge is 2.14. The third kappa shape index (κ3) is 35.8. The fourth-order valence-corrected chi connectivity index (χ4v) is 6.54. The van der Waals surface area contributed by atoms with Gasteiger partial charge < -0.3 is 19.1 Å². The van der Waals surface area contributed by atoms with Gasteiger partial charge in [-0.15, -0.1) is 0 Å². The summed E-state index contributed by atoms with van der Waals surface area (Å²) in [6.07, 6.45) is 50.4. The van der Waals surface area contributed by atoms with Crippen LogP contribution in [0.5, 0.6) is 0 Å². The van der Waals surface area contributed by atoms with Crippen molar-refractivity contribution < 1.29 is 14.2 Å². The molecule has 0 saturated carbocycles. The molecule has 1 unspecified atom stereocenters. The first-order valence-corrected chi connectivity index (χ1v) is 22.5. The van der Waals surface area contributed by atoms with Crippen molar-refractivity contribution in [3.63, 3.8) is 0 Å². The van der Waals surface area contributed by atoms with Crippen molar-refractivity contribution in [2.45, 2.75) is 180 Å². The zero-order valence-electron chi connectivity index (χ0n) is 35.1. The van der Waals surface area contributed by atoms with Crippen LogP contribution in [0.25, 0.3) is 0 Å². The van der Waals surface area contributed by atoms with Gasteiger partial charge in [-0.2, -0.15) is 0 Å². The van der Waals surface area contributed by atoms with Gasteiger partial charge in [-0.3, -0.25) is 4.90 Å². The third-order valence-electron chi connectivity index (χ3n) is 10.2. The molecule has 304 valence electrons. The molecular weight excluding hydrogens is 641 g/mol. The number of hydrogen-bond donors (Lipinski definition) is 0. The average molecular weight is 729 g/mol. The highest BCUT2D eigenvalue weighted by atomic mass is 16.5. The minimum Gasteiger partial charge on any atom is -0.380 e. The van der Waals surface area contributed by atoms with Crippen LogP contribution >= 0.6 is 0 Å². The Labute approximate surface area is 325 Å². The molecule has 52 heavy (non-hydrogen) atoms. The number of unbranched alkanes of at least 4 members (excludes halogenated alkanes) is 18. The van der Waals surface area contributed by atoms with Gasteiger partial charge >= 0.3 is 0 Å². The maximum absolute atomic E-state index is 6.36. The lowest BCUT2D eigenvalue weighted by atomic mass is 10.1. The molecule has 1 aliphatic rings. The number of hydrogen-bond acceptors (Lipinski definition) is 5. The maximum atomic E-state index is 6.36. The topological polar surface area (TPSA) is 34.2 Å². The molecule has 0 aromatic heterocycles. The summed E-state index contributed by atoms with van der Waals surface area (Å²) < 4.78 is 18.6. The van der Waals surface area contributed by atoms with Gasteiger partial charge in [0, 0.05) is 52.5 Å². The van der Waals surface area contributed by atoms with Crippen LogP contribution in [-0.4, -0.2) is 88.7 Å². The molecule has 1 fully saturated rings. The number of allylic oxidation sites excluding steroid dienone is 8. The Balaban J connectivity index is 2.10. The summed E-state index contributed by atoms with van der Waals surface area (Å²) in [5.74, 6) is 0. The molecule has 1 saturated heterocycles. The molecule has 0 radical (unpaired) electrons. The molecule has 0 aromatic rings. The van der Waals surface area contributed by atoms with Crippen LogP contribution in [0.4, 0.5) is 0 Å². The number of nitrogens with zero attached hydrogens (tertiary/aromatic N) is 2. The Kier molecular flexibility index (Phi) is 38.4. The summed E-state index contributed by atoms with van der Waals surface area (Å²) in [6.45, 7) is 14.2. The highest BCUT2D eigenvalue weighted by Crippen LogP contribution is 2.12. The van der Waals surface area contributed by atoms with Gasteiger partial charge in [-0.25, -0.2) is 0 Å². The molecule has 0 amide bonds. The zero-order chi connectivity index (χ0) is 37.3. The summed E-state index contributed by atoms with van der Waals surface area (Å²) in [6, 6.07) is 0. The minimum atomic E-state index is 0.145. The number of likely N-dealkylation sites (N-methyl/N-ethyl adjacent to an activating group) is 1. The van der Waals surface area contributed by atoms with Gasteiger partial charge in [0.15, 0.2) is 0 Å². The second-order valence-corrected chi connectivity index (χ2v) is 15.3. The Morgan fingerprint density at radius 2 is 0.923 bits per heavy atom. The van der Waals surface area contributed by atoms with E-state index in [1.165, 1.54) is 128 Å². The fraction of sp³-hybridized carbons (Fsp3) is 0.830. The van der Waals surface area contributed by atoms with Crippen LogP contribution in [-0.2, 0) is 14.2 Å². The second kappa shape index (κ2) is 40.9. The van der Waals surface area contributed by atoms with Gasteiger partial charge in [0.05, 0.1) is 19.3 Å². The number of piperazine rings is 1. The van der Waals surface area contributed by atoms with E-state index in [1.807, 2.05) is 0 Å². The number of ether oxygens (including phenoxy) is 3. The number of rotatable bonds is 39. The second-order valence-electron chi connectivity index (χ2n) is 15.3. The molecule has 5 heteroatoms. The molecule has 0 aliphatic carbocycles. The van der Waals surface area contributed by atoms with Crippen molar-refractivity contribution in [3.05, 3.63) is 48.6 Å². The van der Waals surface area contributed by atoms with Crippen LogP contribution in [0, 0.1) is 0 Å². The van der Waals surface area contributed by atoms with E-state index in [0.717, 1.165) is 91.3 Å². The summed E-state index contributed by atoms with van der Waals surface area (Å²) in [4.78, 5) is 4.93. The lowest BCUT2D eigenvalue weighted by Gasteiger charge is -2.32. The van der Waals surface area contributed by atoms with Crippen LogP contribution in [0.3, 0.4) is 0 Å². The van der Waals surface area contributed by atoms with E-state index >= 15 is 0 Å². The van der Waals surface area contributed by atoms with Crippen molar-refractivity contribution in [1.29, 1.82) is 0 Å². The highest BCUT2D eigenvalue weighted by molar-refractivity contribution is 4.93. The van der Waals surface area contributed by atoms with Gasteiger partial charge in [0.1, 0.15) is 0 Å². The molecule has 0 bridgehead atoms. The van der Waals surface area contributed by atoms with Crippen molar-refractivity contribution in [1.82, 2.24) is 9.80 Å². The van der Waals surface area contributed by atoms with Crippen LogP contribution < -0.4 is 0 Å². The average Bonchev–Trinajstić information content (AvgIpc) is 3.15. The van der Waals surface area contributed by atoms with E-state index < -0.39 is 0 Å². The van der Waals surface area contributed by atoms with E-state index in [1.54, 1.807) is 0 Å². The molecule has 1 rings (SSSR count). The lowest BCUT2D eigenvalue weighted by Crippen LogP contribution is -2.45. The van der Waals surface area contributed by atoms with E-state index in [2.05, 4.69) is 79.3 Å². The Hall–Kier alpha value is -1.24.